The molecule has 128 valence electrons. The second-order valence-electron chi connectivity index (χ2n) is 6.29. The molecule has 5 nitrogen and oxygen atoms in total. The first-order valence-corrected chi connectivity index (χ1v) is 8.54. The average Bonchev–Trinajstić information content (AvgIpc) is 3.05. The van der Waals surface area contributed by atoms with Crippen LogP contribution in [-0.2, 0) is 6.54 Å². The highest BCUT2D eigenvalue weighted by molar-refractivity contribution is 5.44. The highest BCUT2D eigenvalue weighted by Gasteiger charge is 2.18. The predicted molar refractivity (Wildman–Crippen MR) is 94.7 cm³/mol. The predicted octanol–water partition coefficient (Wildman–Crippen LogP) is 4.04. The Kier molecular flexibility index (Phi) is 5.18. The number of nitrogens with one attached hydrogen (secondary N) is 1. The number of aryl methyl sites for hydroxylation is 2. The van der Waals surface area contributed by atoms with Gasteiger partial charge in [-0.15, -0.1) is 0 Å². The molecule has 0 saturated heterocycles. The molecule has 1 saturated carbocycles. The normalized spacial score (nSPS) is 14.6. The van der Waals surface area contributed by atoms with Crippen molar-refractivity contribution in [1.82, 2.24) is 9.97 Å². The Balaban J connectivity index is 1.75. The van der Waals surface area contributed by atoms with E-state index in [0.717, 1.165) is 47.2 Å². The van der Waals surface area contributed by atoms with Crippen molar-refractivity contribution in [2.75, 3.05) is 12.4 Å². The quantitative estimate of drug-likeness (QED) is 0.868. The fraction of sp³-hybridized carbons (Fsp3) is 0.474. The lowest BCUT2D eigenvalue weighted by molar-refractivity contribution is 0.207. The minimum absolute atomic E-state index is 0.319. The van der Waals surface area contributed by atoms with Crippen molar-refractivity contribution < 1.29 is 9.47 Å². The summed E-state index contributed by atoms with van der Waals surface area (Å²) >= 11 is 0. The number of benzene rings is 1. The molecule has 0 radical (unpaired) electrons. The SMILES string of the molecule is COc1ccc(CNc2cc(C)nc(C)n2)c(OC2CCCC2)c1. The zero-order valence-corrected chi connectivity index (χ0v) is 14.6. The van der Waals surface area contributed by atoms with Crippen molar-refractivity contribution in [2.24, 2.45) is 0 Å². The van der Waals surface area contributed by atoms with Gasteiger partial charge < -0.3 is 14.8 Å². The second-order valence-corrected chi connectivity index (χ2v) is 6.29. The number of ether oxygens (including phenoxy) is 2. The van der Waals surface area contributed by atoms with E-state index >= 15 is 0 Å². The van der Waals surface area contributed by atoms with Crippen molar-refractivity contribution in [1.29, 1.82) is 0 Å². The molecule has 1 N–H and O–H groups in total. The topological polar surface area (TPSA) is 56.3 Å². The average molecular weight is 327 g/mol. The van der Waals surface area contributed by atoms with Gasteiger partial charge in [0, 0.05) is 29.9 Å². The molecule has 1 aromatic heterocycles. The molecule has 1 aromatic carbocycles. The Hall–Kier alpha value is -2.30. The lowest BCUT2D eigenvalue weighted by Crippen LogP contribution is -2.13. The van der Waals surface area contributed by atoms with Crippen LogP contribution in [0.25, 0.3) is 0 Å². The number of anilines is 1. The highest BCUT2D eigenvalue weighted by Crippen LogP contribution is 2.30. The van der Waals surface area contributed by atoms with Gasteiger partial charge in [0.25, 0.3) is 0 Å². The second kappa shape index (κ2) is 7.51. The Morgan fingerprint density at radius 1 is 1.12 bits per heavy atom. The Bertz CT molecular complexity index is 677. The summed E-state index contributed by atoms with van der Waals surface area (Å²) < 4.78 is 11.6. The molecule has 24 heavy (non-hydrogen) atoms. The number of aromatic nitrogens is 2. The van der Waals surface area contributed by atoms with E-state index in [0.29, 0.717) is 12.6 Å². The fourth-order valence-corrected chi connectivity index (χ4v) is 3.10. The zero-order chi connectivity index (χ0) is 16.9. The zero-order valence-electron chi connectivity index (χ0n) is 14.6. The van der Waals surface area contributed by atoms with Crippen LogP contribution in [0.2, 0.25) is 0 Å². The van der Waals surface area contributed by atoms with Crippen LogP contribution in [-0.4, -0.2) is 23.2 Å². The smallest absolute Gasteiger partial charge is 0.130 e. The van der Waals surface area contributed by atoms with Gasteiger partial charge in [-0.3, -0.25) is 0 Å². The third kappa shape index (κ3) is 4.16. The highest BCUT2D eigenvalue weighted by atomic mass is 16.5. The monoisotopic (exact) mass is 327 g/mol. The molecule has 1 heterocycles. The van der Waals surface area contributed by atoms with E-state index in [9.17, 15) is 0 Å². The van der Waals surface area contributed by atoms with Crippen LogP contribution in [0.1, 0.15) is 42.8 Å². The van der Waals surface area contributed by atoms with E-state index in [1.165, 1.54) is 12.8 Å². The molecule has 0 unspecified atom stereocenters. The van der Waals surface area contributed by atoms with Gasteiger partial charge in [-0.1, -0.05) is 0 Å². The number of nitrogens with zero attached hydrogens (tertiary/aromatic N) is 2. The number of hydrogen-bond acceptors (Lipinski definition) is 5. The summed E-state index contributed by atoms with van der Waals surface area (Å²) in [5.74, 6) is 3.33. The van der Waals surface area contributed by atoms with Crippen LogP contribution in [0.4, 0.5) is 5.82 Å². The summed E-state index contributed by atoms with van der Waals surface area (Å²) in [4.78, 5) is 8.73. The Morgan fingerprint density at radius 3 is 2.62 bits per heavy atom. The first-order valence-electron chi connectivity index (χ1n) is 8.54. The number of methoxy groups -OCH3 is 1. The van der Waals surface area contributed by atoms with Crippen LogP contribution >= 0.6 is 0 Å². The van der Waals surface area contributed by atoms with Crippen LogP contribution in [0.5, 0.6) is 11.5 Å². The third-order valence-corrected chi connectivity index (χ3v) is 4.30. The molecule has 0 amide bonds. The standard InChI is InChI=1S/C19H25N3O2/c1-13-10-19(22-14(2)21-13)20-12-15-8-9-17(23-3)11-18(15)24-16-6-4-5-7-16/h8-11,16H,4-7,12H2,1-3H3,(H,20,21,22). The van der Waals surface area contributed by atoms with Crippen molar-refractivity contribution in [2.45, 2.75) is 52.2 Å². The minimum atomic E-state index is 0.319. The van der Waals surface area contributed by atoms with Gasteiger partial charge in [-0.05, 0) is 51.7 Å². The maximum Gasteiger partial charge on any atom is 0.130 e. The molecule has 1 aliphatic rings. The maximum atomic E-state index is 6.23. The van der Waals surface area contributed by atoms with Crippen molar-refractivity contribution in [3.8, 4) is 11.5 Å². The lowest BCUT2D eigenvalue weighted by atomic mass is 10.1. The van der Waals surface area contributed by atoms with Gasteiger partial charge in [-0.25, -0.2) is 9.97 Å². The van der Waals surface area contributed by atoms with Crippen LogP contribution in [0, 0.1) is 13.8 Å². The van der Waals surface area contributed by atoms with Crippen LogP contribution in [0.15, 0.2) is 24.3 Å². The van der Waals surface area contributed by atoms with Gasteiger partial charge in [0.1, 0.15) is 23.1 Å². The first kappa shape index (κ1) is 16.6. The van der Waals surface area contributed by atoms with Gasteiger partial charge in [0.05, 0.1) is 13.2 Å². The van der Waals surface area contributed by atoms with E-state index in [-0.39, 0.29) is 0 Å². The third-order valence-electron chi connectivity index (χ3n) is 4.30. The van der Waals surface area contributed by atoms with Crippen molar-refractivity contribution in [3.05, 3.63) is 41.3 Å². The molecular formula is C19H25N3O2. The van der Waals surface area contributed by atoms with E-state index in [1.807, 2.05) is 32.0 Å². The van der Waals surface area contributed by atoms with E-state index in [1.54, 1.807) is 7.11 Å². The summed E-state index contributed by atoms with van der Waals surface area (Å²) in [5.41, 5.74) is 2.07. The molecular weight excluding hydrogens is 302 g/mol. The molecule has 3 rings (SSSR count). The van der Waals surface area contributed by atoms with Crippen LogP contribution < -0.4 is 14.8 Å². The maximum absolute atomic E-state index is 6.23. The summed E-state index contributed by atoms with van der Waals surface area (Å²) in [6, 6.07) is 7.95. The summed E-state index contributed by atoms with van der Waals surface area (Å²) in [5, 5.41) is 3.37. The molecule has 0 aliphatic heterocycles. The molecule has 1 aliphatic carbocycles. The molecule has 5 heteroatoms. The summed E-state index contributed by atoms with van der Waals surface area (Å²) in [6.45, 7) is 4.53. The van der Waals surface area contributed by atoms with Crippen molar-refractivity contribution in [3.63, 3.8) is 0 Å². The summed E-state index contributed by atoms with van der Waals surface area (Å²) in [7, 11) is 1.68. The largest absolute Gasteiger partial charge is 0.497 e. The Labute approximate surface area is 143 Å². The number of hydrogen-bond donors (Lipinski definition) is 1. The summed E-state index contributed by atoms with van der Waals surface area (Å²) in [6.07, 6.45) is 5.09. The van der Waals surface area contributed by atoms with E-state index in [4.69, 9.17) is 9.47 Å². The van der Waals surface area contributed by atoms with E-state index in [2.05, 4.69) is 21.4 Å². The fourth-order valence-electron chi connectivity index (χ4n) is 3.10. The molecule has 0 spiro atoms. The van der Waals surface area contributed by atoms with Crippen LogP contribution in [0.3, 0.4) is 0 Å². The van der Waals surface area contributed by atoms with Gasteiger partial charge in [-0.2, -0.15) is 0 Å². The number of rotatable bonds is 6. The molecule has 0 atom stereocenters. The van der Waals surface area contributed by atoms with E-state index < -0.39 is 0 Å². The van der Waals surface area contributed by atoms with Gasteiger partial charge in [0.2, 0.25) is 0 Å². The minimum Gasteiger partial charge on any atom is -0.497 e. The molecule has 1 fully saturated rings. The first-order chi connectivity index (χ1) is 11.6. The lowest BCUT2D eigenvalue weighted by Gasteiger charge is -2.18. The van der Waals surface area contributed by atoms with Crippen molar-refractivity contribution >= 4 is 5.82 Å². The van der Waals surface area contributed by atoms with Gasteiger partial charge in [0.15, 0.2) is 0 Å². The molecule has 0 bridgehead atoms. The van der Waals surface area contributed by atoms with Gasteiger partial charge >= 0.3 is 0 Å². The Morgan fingerprint density at radius 2 is 1.92 bits per heavy atom. The molecule has 2 aromatic rings.